The second kappa shape index (κ2) is 11.9. The maximum Gasteiger partial charge on any atom is 0.351 e. The number of aromatic hydroxyl groups is 1. The van der Waals surface area contributed by atoms with Crippen molar-refractivity contribution in [2.24, 2.45) is 0 Å². The number of carbonyl (C=O) groups is 2. The summed E-state index contributed by atoms with van der Waals surface area (Å²) in [4.78, 5) is 40.9. The van der Waals surface area contributed by atoms with Gasteiger partial charge in [-0.3, -0.25) is 4.79 Å². The smallest absolute Gasteiger partial charge is 0.351 e. The Morgan fingerprint density at radius 2 is 2.00 bits per heavy atom. The van der Waals surface area contributed by atoms with Crippen LogP contribution in [0.2, 0.25) is 0 Å². The van der Waals surface area contributed by atoms with E-state index in [2.05, 4.69) is 9.72 Å². The summed E-state index contributed by atoms with van der Waals surface area (Å²) in [6, 6.07) is 6.70. The van der Waals surface area contributed by atoms with Crippen molar-refractivity contribution in [3.63, 3.8) is 0 Å². The number of esters is 1. The molecule has 0 aliphatic heterocycles. The maximum absolute atomic E-state index is 13.0. The quantitative estimate of drug-likeness (QED) is 0.178. The van der Waals surface area contributed by atoms with E-state index in [4.69, 9.17) is 9.15 Å². The molecule has 0 amide bonds. The molecule has 35 heavy (non-hydrogen) atoms. The molecule has 0 aliphatic carbocycles. The van der Waals surface area contributed by atoms with E-state index in [-0.39, 0.29) is 22.3 Å². The Labute approximate surface area is 204 Å². The van der Waals surface area contributed by atoms with Crippen LogP contribution in [0.4, 0.5) is 4.39 Å². The number of allylic oxidation sites excluding steroid dienone is 2. The molecular weight excluding hydrogens is 477 g/mol. The number of halogens is 1. The average molecular weight is 500 g/mol. The highest BCUT2D eigenvalue weighted by molar-refractivity contribution is 7.14. The number of thiazole rings is 1. The van der Waals surface area contributed by atoms with Crippen LogP contribution in [-0.2, 0) is 16.0 Å². The van der Waals surface area contributed by atoms with Crippen molar-refractivity contribution in [1.82, 2.24) is 4.98 Å². The van der Waals surface area contributed by atoms with Crippen LogP contribution in [-0.4, -0.2) is 29.0 Å². The molecule has 10 heteroatoms. The Kier molecular flexibility index (Phi) is 8.69. The number of ether oxygens (including phenoxy) is 2. The van der Waals surface area contributed by atoms with Gasteiger partial charge in [-0.25, -0.2) is 19.0 Å². The number of Topliss-reactive ketones (excluding diaryl/α,β-unsaturated/α-hetero) is 1. The highest BCUT2D eigenvalue weighted by atomic mass is 32.1. The van der Waals surface area contributed by atoms with Crippen LogP contribution in [0.15, 0.2) is 63.5 Å². The Balaban J connectivity index is 1.66. The van der Waals surface area contributed by atoms with Crippen LogP contribution in [0.3, 0.4) is 0 Å². The predicted molar refractivity (Wildman–Crippen MR) is 127 cm³/mol. The minimum atomic E-state index is -0.938. The fraction of sp³-hybridized carbons (Fsp3) is 0.200. The third-order valence-electron chi connectivity index (χ3n) is 4.70. The SMILES string of the molecule is COC(=O)/C=C/CCCc1cc(O)c(C(=O)/C(C)=C/c2cnc(Oc3ccc(F)cc3)s2)c(=O)o1. The van der Waals surface area contributed by atoms with E-state index in [1.165, 1.54) is 62.7 Å². The molecule has 3 rings (SSSR count). The molecule has 0 unspecified atom stereocenters. The molecule has 0 saturated heterocycles. The van der Waals surface area contributed by atoms with Gasteiger partial charge in [0.15, 0.2) is 5.78 Å². The second-order valence-electron chi connectivity index (χ2n) is 7.32. The zero-order valence-electron chi connectivity index (χ0n) is 18.9. The number of carbonyl (C=O) groups excluding carboxylic acids is 2. The van der Waals surface area contributed by atoms with Gasteiger partial charge in [0.05, 0.1) is 12.0 Å². The van der Waals surface area contributed by atoms with Crippen molar-refractivity contribution in [2.75, 3.05) is 7.11 Å². The fourth-order valence-electron chi connectivity index (χ4n) is 2.97. The van der Waals surface area contributed by atoms with E-state index in [0.717, 1.165) is 11.3 Å². The van der Waals surface area contributed by atoms with Crippen molar-refractivity contribution >= 4 is 29.2 Å². The number of unbranched alkanes of at least 4 members (excludes halogenated alkanes) is 1. The topological polar surface area (TPSA) is 116 Å². The summed E-state index contributed by atoms with van der Waals surface area (Å²) >= 11 is 1.15. The van der Waals surface area contributed by atoms with Crippen molar-refractivity contribution in [3.8, 4) is 16.7 Å². The van der Waals surface area contributed by atoms with Crippen LogP contribution in [0, 0.1) is 5.82 Å². The van der Waals surface area contributed by atoms with Crippen molar-refractivity contribution in [3.05, 3.63) is 86.7 Å². The maximum atomic E-state index is 13.0. The van der Waals surface area contributed by atoms with E-state index >= 15 is 0 Å². The number of hydrogen-bond acceptors (Lipinski definition) is 9. The standard InChI is InChI=1S/C25H22FNO7S/c1-15(12-19-14-27-25(35-19)34-17-10-8-16(26)9-11-17)23(30)22-20(28)13-18(33-24(22)31)6-4-3-5-7-21(29)32-2/h5,7-14,28H,3-4,6H2,1-2H3/b7-5+,15-12+. The van der Waals surface area contributed by atoms with Gasteiger partial charge in [0, 0.05) is 24.8 Å². The lowest BCUT2D eigenvalue weighted by atomic mass is 10.0. The number of aromatic nitrogens is 1. The number of benzene rings is 1. The summed E-state index contributed by atoms with van der Waals surface area (Å²) in [5, 5.41) is 10.6. The highest BCUT2D eigenvalue weighted by Gasteiger charge is 2.20. The molecule has 2 aromatic heterocycles. The van der Waals surface area contributed by atoms with E-state index in [0.29, 0.717) is 29.9 Å². The molecule has 8 nitrogen and oxygen atoms in total. The number of aryl methyl sites for hydroxylation is 1. The molecule has 0 aliphatic rings. The summed E-state index contributed by atoms with van der Waals surface area (Å²) in [5.74, 6) is -1.37. The Morgan fingerprint density at radius 1 is 1.26 bits per heavy atom. The third kappa shape index (κ3) is 7.21. The van der Waals surface area contributed by atoms with E-state index < -0.39 is 28.7 Å². The molecule has 3 aromatic rings. The van der Waals surface area contributed by atoms with Gasteiger partial charge in [-0.2, -0.15) is 0 Å². The molecule has 0 fully saturated rings. The van der Waals surface area contributed by atoms with Crippen LogP contribution < -0.4 is 10.4 Å². The molecule has 0 spiro atoms. The first-order valence-corrected chi connectivity index (χ1v) is 11.3. The largest absolute Gasteiger partial charge is 0.507 e. The van der Waals surface area contributed by atoms with E-state index in [1.54, 1.807) is 6.08 Å². The molecule has 0 radical (unpaired) electrons. The Hall–Kier alpha value is -4.05. The molecule has 182 valence electrons. The van der Waals surface area contributed by atoms with Gasteiger partial charge in [0.25, 0.3) is 5.19 Å². The van der Waals surface area contributed by atoms with Gasteiger partial charge >= 0.3 is 11.6 Å². The van der Waals surface area contributed by atoms with Gasteiger partial charge in [0.2, 0.25) is 0 Å². The monoisotopic (exact) mass is 499 g/mol. The van der Waals surface area contributed by atoms with Gasteiger partial charge in [-0.15, -0.1) is 0 Å². The lowest BCUT2D eigenvalue weighted by Gasteiger charge is -2.05. The van der Waals surface area contributed by atoms with Gasteiger partial charge in [0.1, 0.15) is 28.6 Å². The van der Waals surface area contributed by atoms with E-state index in [1.807, 2.05) is 0 Å². The highest BCUT2D eigenvalue weighted by Crippen LogP contribution is 2.29. The van der Waals surface area contributed by atoms with Crippen molar-refractivity contribution in [2.45, 2.75) is 26.2 Å². The molecule has 0 bridgehead atoms. The first-order valence-electron chi connectivity index (χ1n) is 10.5. The number of ketones is 1. The zero-order chi connectivity index (χ0) is 25.4. The Morgan fingerprint density at radius 3 is 2.69 bits per heavy atom. The molecular formula is C25H22FNO7S. The van der Waals surface area contributed by atoms with Crippen molar-refractivity contribution < 1.29 is 33.0 Å². The van der Waals surface area contributed by atoms with Gasteiger partial charge in [-0.1, -0.05) is 17.4 Å². The summed E-state index contributed by atoms with van der Waals surface area (Å²) < 4.78 is 28.3. The normalized spacial score (nSPS) is 11.6. The molecule has 0 atom stereocenters. The first kappa shape index (κ1) is 25.6. The lowest BCUT2D eigenvalue weighted by Crippen LogP contribution is -2.16. The average Bonchev–Trinajstić information content (AvgIpc) is 3.26. The molecule has 1 N–H and O–H groups in total. The van der Waals surface area contributed by atoms with Crippen molar-refractivity contribution in [1.29, 1.82) is 0 Å². The second-order valence-corrected chi connectivity index (χ2v) is 8.34. The summed E-state index contributed by atoms with van der Waals surface area (Å²) in [7, 11) is 1.28. The minimum Gasteiger partial charge on any atom is -0.507 e. The number of rotatable bonds is 10. The number of hydrogen-bond donors (Lipinski definition) is 1. The zero-order valence-corrected chi connectivity index (χ0v) is 19.8. The molecule has 0 saturated carbocycles. The summed E-state index contributed by atoms with van der Waals surface area (Å²) in [6.07, 6.45) is 7.34. The minimum absolute atomic E-state index is 0.185. The van der Waals surface area contributed by atoms with Gasteiger partial charge in [-0.05, 0) is 55.7 Å². The van der Waals surface area contributed by atoms with E-state index in [9.17, 15) is 23.9 Å². The Bertz CT molecular complexity index is 1320. The number of methoxy groups -OCH3 is 1. The lowest BCUT2D eigenvalue weighted by molar-refractivity contribution is -0.134. The van der Waals surface area contributed by atoms with Crippen LogP contribution in [0.1, 0.15) is 40.8 Å². The molecule has 1 aromatic carbocycles. The molecule has 2 heterocycles. The fourth-order valence-corrected chi connectivity index (χ4v) is 3.75. The number of nitrogens with zero attached hydrogens (tertiary/aromatic N) is 1. The summed E-state index contributed by atoms with van der Waals surface area (Å²) in [6.45, 7) is 1.50. The van der Waals surface area contributed by atoms with Gasteiger partial charge < -0.3 is 19.0 Å². The summed E-state index contributed by atoms with van der Waals surface area (Å²) in [5.41, 5.74) is -1.21. The third-order valence-corrected chi connectivity index (χ3v) is 5.52. The first-order chi connectivity index (χ1) is 16.8. The van der Waals surface area contributed by atoms with Crippen LogP contribution >= 0.6 is 11.3 Å². The van der Waals surface area contributed by atoms with Crippen LogP contribution in [0.5, 0.6) is 16.7 Å². The predicted octanol–water partition coefficient (Wildman–Crippen LogP) is 5.07. The van der Waals surface area contributed by atoms with Crippen LogP contribution in [0.25, 0.3) is 6.08 Å².